The van der Waals surface area contributed by atoms with Crippen molar-refractivity contribution in [2.75, 3.05) is 25.6 Å². The van der Waals surface area contributed by atoms with Crippen molar-refractivity contribution in [1.82, 2.24) is 15.2 Å². The molecule has 0 bridgehead atoms. The normalized spacial score (nSPS) is 27.2. The van der Waals surface area contributed by atoms with Crippen LogP contribution in [0.3, 0.4) is 0 Å². The summed E-state index contributed by atoms with van der Waals surface area (Å²) in [5, 5.41) is 7.81. The van der Waals surface area contributed by atoms with Crippen LogP contribution in [-0.4, -0.2) is 54.0 Å². The minimum Gasteiger partial charge on any atom is -0.383 e. The lowest BCUT2D eigenvalue weighted by atomic mass is 9.81. The summed E-state index contributed by atoms with van der Waals surface area (Å²) in [7, 11) is 1.73. The molecule has 1 aromatic heterocycles. The van der Waals surface area contributed by atoms with Gasteiger partial charge in [0.05, 0.1) is 30.2 Å². The molecule has 3 heterocycles. The molecule has 2 aliphatic heterocycles. The Morgan fingerprint density at radius 1 is 1.06 bits per heavy atom. The molecule has 3 aliphatic rings. The number of aromatic amines is 1. The van der Waals surface area contributed by atoms with E-state index < -0.39 is 0 Å². The van der Waals surface area contributed by atoms with Gasteiger partial charge in [-0.2, -0.15) is 0 Å². The molecule has 0 spiro atoms. The van der Waals surface area contributed by atoms with Crippen molar-refractivity contribution in [2.45, 2.75) is 50.2 Å². The van der Waals surface area contributed by atoms with Gasteiger partial charge in [-0.3, -0.25) is 9.59 Å². The van der Waals surface area contributed by atoms with Gasteiger partial charge in [0, 0.05) is 48.4 Å². The highest BCUT2D eigenvalue weighted by atomic mass is 16.5. The summed E-state index contributed by atoms with van der Waals surface area (Å²) in [6.07, 6.45) is 6.40. The third-order valence-electron chi connectivity index (χ3n) is 8.44. The SMILES string of the molecule is COC[C@@H]1Nc2ccccc2[C@H]2[C@H]1CCN2C(=O)[C@H]1CCCC[C@H]1NC(=O)c1c[nH]c2ccccc12. The van der Waals surface area contributed by atoms with Gasteiger partial charge in [-0.25, -0.2) is 0 Å². The van der Waals surface area contributed by atoms with Crippen molar-refractivity contribution in [3.63, 3.8) is 0 Å². The molecule has 3 aromatic rings. The summed E-state index contributed by atoms with van der Waals surface area (Å²) >= 11 is 0. The molecule has 188 valence electrons. The van der Waals surface area contributed by atoms with Crippen LogP contribution < -0.4 is 10.6 Å². The zero-order valence-corrected chi connectivity index (χ0v) is 20.7. The molecule has 0 radical (unpaired) electrons. The van der Waals surface area contributed by atoms with Crippen molar-refractivity contribution >= 4 is 28.4 Å². The average Bonchev–Trinajstić information content (AvgIpc) is 3.54. The second-order valence-corrected chi connectivity index (χ2v) is 10.4. The summed E-state index contributed by atoms with van der Waals surface area (Å²) in [5.74, 6) is 0.185. The van der Waals surface area contributed by atoms with E-state index in [1.807, 2.05) is 30.3 Å². The second kappa shape index (κ2) is 9.62. The molecule has 1 aliphatic carbocycles. The number of benzene rings is 2. The van der Waals surface area contributed by atoms with Gasteiger partial charge in [0.1, 0.15) is 0 Å². The van der Waals surface area contributed by atoms with Crippen LogP contribution in [0.1, 0.15) is 54.1 Å². The van der Waals surface area contributed by atoms with Crippen LogP contribution in [0.4, 0.5) is 5.69 Å². The minimum absolute atomic E-state index is 0.0435. The number of ether oxygens (including phenoxy) is 1. The Kier molecular flexibility index (Phi) is 6.17. The fraction of sp³-hybridized carbons (Fsp3) is 0.448. The number of methoxy groups -OCH3 is 1. The van der Waals surface area contributed by atoms with E-state index in [-0.39, 0.29) is 35.9 Å². The first kappa shape index (κ1) is 23.1. The van der Waals surface area contributed by atoms with Crippen LogP contribution in [0.2, 0.25) is 0 Å². The Labute approximate surface area is 211 Å². The van der Waals surface area contributed by atoms with Crippen LogP contribution in [0.25, 0.3) is 10.9 Å². The van der Waals surface area contributed by atoms with E-state index in [1.54, 1.807) is 13.3 Å². The molecule has 2 aromatic carbocycles. The van der Waals surface area contributed by atoms with E-state index in [2.05, 4.69) is 38.7 Å². The molecule has 2 amide bonds. The molecule has 36 heavy (non-hydrogen) atoms. The van der Waals surface area contributed by atoms with Crippen molar-refractivity contribution in [3.8, 4) is 0 Å². The predicted molar refractivity (Wildman–Crippen MR) is 140 cm³/mol. The van der Waals surface area contributed by atoms with Gasteiger partial charge in [-0.1, -0.05) is 49.2 Å². The smallest absolute Gasteiger partial charge is 0.253 e. The van der Waals surface area contributed by atoms with Gasteiger partial charge in [0.25, 0.3) is 5.91 Å². The maximum Gasteiger partial charge on any atom is 0.253 e. The van der Waals surface area contributed by atoms with Crippen molar-refractivity contribution < 1.29 is 14.3 Å². The third-order valence-corrected chi connectivity index (χ3v) is 8.44. The lowest BCUT2D eigenvalue weighted by Crippen LogP contribution is -2.50. The van der Waals surface area contributed by atoms with Gasteiger partial charge in [0.15, 0.2) is 0 Å². The lowest BCUT2D eigenvalue weighted by molar-refractivity contribution is -0.139. The van der Waals surface area contributed by atoms with Gasteiger partial charge in [0.2, 0.25) is 5.91 Å². The van der Waals surface area contributed by atoms with E-state index in [0.29, 0.717) is 18.1 Å². The van der Waals surface area contributed by atoms with Crippen LogP contribution in [-0.2, 0) is 9.53 Å². The maximum absolute atomic E-state index is 14.1. The lowest BCUT2D eigenvalue weighted by Gasteiger charge is -2.41. The Bertz CT molecular complexity index is 1270. The Morgan fingerprint density at radius 3 is 2.75 bits per heavy atom. The fourth-order valence-electron chi connectivity index (χ4n) is 6.74. The highest BCUT2D eigenvalue weighted by Gasteiger charge is 2.48. The summed E-state index contributed by atoms with van der Waals surface area (Å²) in [6.45, 7) is 1.36. The molecule has 7 nitrogen and oxygen atoms in total. The number of likely N-dealkylation sites (tertiary alicyclic amines) is 1. The number of carbonyl (C=O) groups is 2. The molecule has 5 atom stereocenters. The molecule has 7 heteroatoms. The number of amides is 2. The first-order valence-corrected chi connectivity index (χ1v) is 13.2. The van der Waals surface area contributed by atoms with Gasteiger partial charge < -0.3 is 25.3 Å². The Morgan fingerprint density at radius 2 is 1.86 bits per heavy atom. The van der Waals surface area contributed by atoms with Crippen LogP contribution in [0, 0.1) is 11.8 Å². The van der Waals surface area contributed by atoms with Crippen molar-refractivity contribution in [1.29, 1.82) is 0 Å². The largest absolute Gasteiger partial charge is 0.383 e. The van der Waals surface area contributed by atoms with Crippen molar-refractivity contribution in [3.05, 3.63) is 65.9 Å². The molecule has 3 N–H and O–H groups in total. The fourth-order valence-corrected chi connectivity index (χ4v) is 6.74. The molecule has 0 unspecified atom stereocenters. The summed E-state index contributed by atoms with van der Waals surface area (Å²) < 4.78 is 5.53. The van der Waals surface area contributed by atoms with Crippen LogP contribution in [0.15, 0.2) is 54.7 Å². The molecular weight excluding hydrogens is 452 g/mol. The quantitative estimate of drug-likeness (QED) is 0.496. The number of para-hydroxylation sites is 2. The van der Waals surface area contributed by atoms with E-state index in [1.165, 1.54) is 5.56 Å². The summed E-state index contributed by atoms with van der Waals surface area (Å²) in [6, 6.07) is 16.2. The topological polar surface area (TPSA) is 86.5 Å². The predicted octanol–water partition coefficient (Wildman–Crippen LogP) is 4.49. The van der Waals surface area contributed by atoms with Crippen LogP contribution >= 0.6 is 0 Å². The molecule has 2 fully saturated rings. The highest BCUT2D eigenvalue weighted by molar-refractivity contribution is 6.07. The number of carbonyl (C=O) groups excluding carboxylic acids is 2. The number of nitrogens with zero attached hydrogens (tertiary/aromatic N) is 1. The summed E-state index contributed by atoms with van der Waals surface area (Å²) in [4.78, 5) is 32.7. The summed E-state index contributed by atoms with van der Waals surface area (Å²) in [5.41, 5.74) is 3.86. The van der Waals surface area contributed by atoms with E-state index >= 15 is 0 Å². The van der Waals surface area contributed by atoms with Crippen LogP contribution in [0.5, 0.6) is 0 Å². The van der Waals surface area contributed by atoms with Gasteiger partial charge >= 0.3 is 0 Å². The number of rotatable bonds is 5. The number of hydrogen-bond acceptors (Lipinski definition) is 4. The average molecular weight is 487 g/mol. The number of aromatic nitrogens is 1. The standard InChI is InChI=1S/C29H34N4O3/c1-36-17-26-20-14-15-33(27(20)19-9-3-6-12-24(19)31-26)29(35)21-10-4-7-13-25(21)32-28(34)22-16-30-23-11-5-2-8-18(22)23/h2-3,5-6,8-9,11-12,16,20-21,25-27,30-31H,4,7,10,13-15,17H2,1H3,(H,32,34)/t20-,21-,25+,26-,27-/m0/s1. The molecular formula is C29H34N4O3. The first-order valence-electron chi connectivity index (χ1n) is 13.2. The van der Waals surface area contributed by atoms with Gasteiger partial charge in [-0.15, -0.1) is 0 Å². The monoisotopic (exact) mass is 486 g/mol. The number of anilines is 1. The Balaban J connectivity index is 1.25. The van der Waals surface area contributed by atoms with E-state index in [9.17, 15) is 9.59 Å². The minimum atomic E-state index is -0.199. The molecule has 6 rings (SSSR count). The first-order chi connectivity index (χ1) is 17.7. The Hall–Kier alpha value is -3.32. The zero-order chi connectivity index (χ0) is 24.6. The number of hydrogen-bond donors (Lipinski definition) is 3. The zero-order valence-electron chi connectivity index (χ0n) is 20.7. The maximum atomic E-state index is 14.1. The number of fused-ring (bicyclic) bond motifs is 4. The van der Waals surface area contributed by atoms with E-state index in [0.717, 1.165) is 55.2 Å². The molecule has 1 saturated carbocycles. The molecule has 1 saturated heterocycles. The second-order valence-electron chi connectivity index (χ2n) is 10.4. The number of H-pyrrole nitrogens is 1. The van der Waals surface area contributed by atoms with Crippen molar-refractivity contribution in [2.24, 2.45) is 11.8 Å². The van der Waals surface area contributed by atoms with Gasteiger partial charge in [-0.05, 0) is 37.0 Å². The number of nitrogens with one attached hydrogen (secondary N) is 3. The van der Waals surface area contributed by atoms with E-state index in [4.69, 9.17) is 4.74 Å². The highest BCUT2D eigenvalue weighted by Crippen LogP contribution is 2.47. The third kappa shape index (κ3) is 3.95.